The fraction of sp³-hybridized carbons (Fsp3) is 0.625. The molecule has 4 aliphatic rings. The molecule has 12 nitrogen and oxygen atoms in total. The number of aryl methyl sites for hydroxylation is 1. The van der Waals surface area contributed by atoms with Crippen LogP contribution in [-0.2, 0) is 21.4 Å². The Kier molecular flexibility index (Phi) is 8.36. The van der Waals surface area contributed by atoms with Gasteiger partial charge < -0.3 is 14.5 Å². The molecule has 1 N–H and O–H groups in total. The number of piperidine rings is 2. The van der Waals surface area contributed by atoms with Crippen LogP contribution < -0.4 is 15.9 Å². The first kappa shape index (κ1) is 32.0. The van der Waals surface area contributed by atoms with Gasteiger partial charge in [-0.3, -0.25) is 33.8 Å². The third kappa shape index (κ3) is 6.23. The van der Waals surface area contributed by atoms with Crippen molar-refractivity contribution in [3.63, 3.8) is 0 Å². The zero-order valence-corrected chi connectivity index (χ0v) is 26.9. The number of ether oxygens (including phenoxy) is 1. The highest BCUT2D eigenvalue weighted by molar-refractivity contribution is 6.00. The van der Waals surface area contributed by atoms with Crippen LogP contribution >= 0.6 is 0 Å². The highest BCUT2D eigenvalue weighted by Crippen LogP contribution is 2.35. The summed E-state index contributed by atoms with van der Waals surface area (Å²) in [7, 11) is 1.69. The average Bonchev–Trinajstić information content (AvgIpc) is 3.25. The van der Waals surface area contributed by atoms with Crippen LogP contribution in [-0.4, -0.2) is 112 Å². The van der Waals surface area contributed by atoms with Gasteiger partial charge in [-0.25, -0.2) is 9.59 Å². The molecule has 3 saturated heterocycles. The second kappa shape index (κ2) is 12.0. The Balaban J connectivity index is 1.05. The standard InChI is InChI=1S/C32H43F2N7O5/c1-31(2,3)46-30(45)40-14-11-26(32(33,34)20-40)39-12-9-21(10-13-39)37-15-17-38(18-16-37)22-5-6-23-25(19-22)36(4)29(44)41(23)24-7-8-27(42)35-28(24)43/h5-6,11,19,21,24H,7-10,12-18,20H2,1-4H3,(H,35,42,43). The van der Waals surface area contributed by atoms with Crippen LogP contribution in [0.5, 0.6) is 0 Å². The molecule has 0 bridgehead atoms. The monoisotopic (exact) mass is 643 g/mol. The number of imidazole rings is 1. The number of anilines is 1. The van der Waals surface area contributed by atoms with Crippen molar-refractivity contribution in [2.75, 3.05) is 57.3 Å². The third-order valence-corrected chi connectivity index (χ3v) is 9.52. The van der Waals surface area contributed by atoms with E-state index in [-0.39, 0.29) is 30.3 Å². The Morgan fingerprint density at radius 2 is 1.65 bits per heavy atom. The number of imide groups is 1. The third-order valence-electron chi connectivity index (χ3n) is 9.52. The van der Waals surface area contributed by atoms with Crippen LogP contribution in [0.3, 0.4) is 0 Å². The number of fused-ring (bicyclic) bond motifs is 1. The van der Waals surface area contributed by atoms with E-state index in [4.69, 9.17) is 4.74 Å². The van der Waals surface area contributed by atoms with E-state index in [0.717, 1.165) is 55.1 Å². The van der Waals surface area contributed by atoms with Gasteiger partial charge in [0, 0.05) is 71.0 Å². The number of hydrogen-bond donors (Lipinski definition) is 1. The molecular formula is C32H43F2N7O5. The lowest BCUT2D eigenvalue weighted by molar-refractivity contribution is -0.135. The quantitative estimate of drug-likeness (QED) is 0.507. The Morgan fingerprint density at radius 1 is 0.957 bits per heavy atom. The summed E-state index contributed by atoms with van der Waals surface area (Å²) in [6, 6.07) is 5.42. The van der Waals surface area contributed by atoms with Gasteiger partial charge in [-0.2, -0.15) is 8.78 Å². The van der Waals surface area contributed by atoms with Crippen molar-refractivity contribution in [2.45, 2.75) is 70.1 Å². The second-order valence-corrected chi connectivity index (χ2v) is 13.7. The zero-order valence-electron chi connectivity index (χ0n) is 26.9. The number of amides is 3. The van der Waals surface area contributed by atoms with Crippen LogP contribution in [0.1, 0.15) is 52.5 Å². The van der Waals surface area contributed by atoms with Crippen molar-refractivity contribution >= 4 is 34.6 Å². The topological polar surface area (TPSA) is 112 Å². The second-order valence-electron chi connectivity index (χ2n) is 13.7. The molecular weight excluding hydrogens is 600 g/mol. The van der Waals surface area contributed by atoms with E-state index < -0.39 is 36.1 Å². The lowest BCUT2D eigenvalue weighted by atomic mass is 9.99. The van der Waals surface area contributed by atoms with Gasteiger partial charge >= 0.3 is 17.7 Å². The summed E-state index contributed by atoms with van der Waals surface area (Å²) in [4.78, 5) is 57.2. The summed E-state index contributed by atoms with van der Waals surface area (Å²) in [5, 5.41) is 2.34. The minimum absolute atomic E-state index is 0.00630. The summed E-state index contributed by atoms with van der Waals surface area (Å²) < 4.78 is 38.7. The van der Waals surface area contributed by atoms with Crippen molar-refractivity contribution in [3.05, 3.63) is 40.5 Å². The number of rotatable bonds is 4. The van der Waals surface area contributed by atoms with Gasteiger partial charge in [-0.1, -0.05) is 0 Å². The van der Waals surface area contributed by atoms with Gasteiger partial charge in [-0.15, -0.1) is 0 Å². The molecule has 1 unspecified atom stereocenters. The van der Waals surface area contributed by atoms with Crippen LogP contribution in [0.25, 0.3) is 11.0 Å². The molecule has 14 heteroatoms. The summed E-state index contributed by atoms with van der Waals surface area (Å²) in [5.74, 6) is -3.91. The van der Waals surface area contributed by atoms with Gasteiger partial charge in [0.25, 0.3) is 0 Å². The number of aromatic nitrogens is 2. The molecule has 6 rings (SSSR count). The Hall–Kier alpha value is -3.94. The highest BCUT2D eigenvalue weighted by atomic mass is 19.3. The maximum Gasteiger partial charge on any atom is 0.410 e. The van der Waals surface area contributed by atoms with E-state index >= 15 is 8.78 Å². The van der Waals surface area contributed by atoms with Crippen LogP contribution in [0.4, 0.5) is 19.3 Å². The molecule has 1 atom stereocenters. The smallest absolute Gasteiger partial charge is 0.410 e. The molecule has 0 aliphatic carbocycles. The molecule has 3 amide bonds. The molecule has 0 radical (unpaired) electrons. The van der Waals surface area contributed by atoms with E-state index in [2.05, 4.69) is 15.1 Å². The Labute approximate surface area is 266 Å². The molecule has 1 aromatic heterocycles. The number of alkyl halides is 2. The van der Waals surface area contributed by atoms with Crippen molar-refractivity contribution in [1.29, 1.82) is 0 Å². The minimum Gasteiger partial charge on any atom is -0.444 e. The van der Waals surface area contributed by atoms with Crippen molar-refractivity contribution in [2.24, 2.45) is 7.05 Å². The number of benzene rings is 1. The molecule has 46 heavy (non-hydrogen) atoms. The maximum absolute atomic E-state index is 15.2. The molecule has 5 heterocycles. The largest absolute Gasteiger partial charge is 0.444 e. The predicted molar refractivity (Wildman–Crippen MR) is 168 cm³/mol. The lowest BCUT2D eigenvalue weighted by Gasteiger charge is -2.45. The van der Waals surface area contributed by atoms with E-state index in [1.54, 1.807) is 37.3 Å². The van der Waals surface area contributed by atoms with E-state index in [9.17, 15) is 19.2 Å². The fourth-order valence-corrected chi connectivity index (χ4v) is 7.15. The Morgan fingerprint density at radius 3 is 2.28 bits per heavy atom. The maximum atomic E-state index is 15.2. The number of halogens is 2. The van der Waals surface area contributed by atoms with Gasteiger partial charge in [0.15, 0.2) is 0 Å². The van der Waals surface area contributed by atoms with Gasteiger partial charge in [0.2, 0.25) is 11.8 Å². The molecule has 2 aromatic rings. The number of nitrogens with one attached hydrogen (secondary N) is 1. The Bertz CT molecular complexity index is 1610. The van der Waals surface area contributed by atoms with Gasteiger partial charge in [-0.05, 0) is 64.3 Å². The first-order valence-electron chi connectivity index (χ1n) is 16.1. The first-order chi connectivity index (χ1) is 21.7. The number of carbonyl (C=O) groups excluding carboxylic acids is 3. The van der Waals surface area contributed by atoms with Gasteiger partial charge in [0.05, 0.1) is 23.3 Å². The number of nitrogens with zero attached hydrogens (tertiary/aromatic N) is 6. The van der Waals surface area contributed by atoms with Crippen molar-refractivity contribution < 1.29 is 27.9 Å². The first-order valence-corrected chi connectivity index (χ1v) is 16.1. The van der Waals surface area contributed by atoms with Crippen LogP contribution in [0.2, 0.25) is 0 Å². The number of likely N-dealkylation sites (tertiary alicyclic amines) is 1. The summed E-state index contributed by atoms with van der Waals surface area (Å²) in [6.07, 6.45) is 2.79. The summed E-state index contributed by atoms with van der Waals surface area (Å²) >= 11 is 0. The van der Waals surface area contributed by atoms with Crippen LogP contribution in [0.15, 0.2) is 34.8 Å². The molecule has 1 aromatic carbocycles. The number of hydrogen-bond acceptors (Lipinski definition) is 8. The summed E-state index contributed by atoms with van der Waals surface area (Å²) in [6.45, 7) is 8.88. The number of carbonyl (C=O) groups is 3. The number of piperazine rings is 1. The molecule has 0 spiro atoms. The zero-order chi connectivity index (χ0) is 33.0. The SMILES string of the molecule is Cn1c(=O)n(C2CCC(=O)NC2=O)c2ccc(N3CCN(C4CCN(C5=CCN(C(=O)OC(C)(C)C)CC5(F)F)CC4)CC3)cc21. The molecule has 0 saturated carbocycles. The van der Waals surface area contributed by atoms with E-state index in [0.29, 0.717) is 31.1 Å². The normalized spacial score (nSPS) is 23.5. The fourth-order valence-electron chi connectivity index (χ4n) is 7.15. The van der Waals surface area contributed by atoms with Crippen LogP contribution in [0, 0.1) is 0 Å². The van der Waals surface area contributed by atoms with E-state index in [1.165, 1.54) is 10.6 Å². The lowest BCUT2D eigenvalue weighted by Crippen LogP contribution is -2.55. The average molecular weight is 644 g/mol. The van der Waals surface area contributed by atoms with Crippen molar-refractivity contribution in [3.8, 4) is 0 Å². The minimum atomic E-state index is -3.14. The predicted octanol–water partition coefficient (Wildman–Crippen LogP) is 2.67. The van der Waals surface area contributed by atoms with Crippen molar-refractivity contribution in [1.82, 2.24) is 29.2 Å². The van der Waals surface area contributed by atoms with Gasteiger partial charge in [0.1, 0.15) is 11.6 Å². The molecule has 250 valence electrons. The van der Waals surface area contributed by atoms with E-state index in [1.807, 2.05) is 18.2 Å². The summed E-state index contributed by atoms with van der Waals surface area (Å²) in [5.41, 5.74) is 1.34. The molecule has 4 aliphatic heterocycles. The molecule has 3 fully saturated rings. The highest BCUT2D eigenvalue weighted by Gasteiger charge is 2.45.